The van der Waals surface area contributed by atoms with E-state index in [-0.39, 0.29) is 15.6 Å². The summed E-state index contributed by atoms with van der Waals surface area (Å²) in [5, 5.41) is 0.411. The maximum absolute atomic E-state index is 11.9. The van der Waals surface area contributed by atoms with E-state index in [9.17, 15) is 18.0 Å². The zero-order valence-corrected chi connectivity index (χ0v) is 9.46. The van der Waals surface area contributed by atoms with Gasteiger partial charge in [0.25, 0.3) is 0 Å². The van der Waals surface area contributed by atoms with Crippen LogP contribution in [0.15, 0.2) is 18.2 Å². The number of hydrogen-bond donors (Lipinski definition) is 0. The van der Waals surface area contributed by atoms with Crippen molar-refractivity contribution in [2.24, 2.45) is 0 Å². The molecule has 1 aromatic carbocycles. The molecule has 1 aromatic rings. The summed E-state index contributed by atoms with van der Waals surface area (Å²) >= 11 is 11.3. The molecule has 0 aliphatic carbocycles. The van der Waals surface area contributed by atoms with Crippen molar-refractivity contribution >= 4 is 29.0 Å². The molecule has 0 fully saturated rings. The van der Waals surface area contributed by atoms with Gasteiger partial charge >= 0.3 is 6.18 Å². The lowest BCUT2D eigenvalue weighted by atomic mass is 10.1. The molecule has 0 atom stereocenters. The lowest BCUT2D eigenvalue weighted by Crippen LogP contribution is -2.10. The van der Waals surface area contributed by atoms with Crippen molar-refractivity contribution < 1.29 is 18.0 Å². The molecule has 0 heterocycles. The first-order valence-corrected chi connectivity index (χ1v) is 5.10. The van der Waals surface area contributed by atoms with Gasteiger partial charge < -0.3 is 0 Å². The molecule has 88 valence electrons. The standard InChI is InChI=1S/C10H7Cl2F3O/c11-7-2-1-6(5-8(7)12)9(16)3-4-10(13,14)15/h1-2,5H,3-4H2. The molecule has 1 rings (SSSR count). The number of carbonyl (C=O) groups is 1. The highest BCUT2D eigenvalue weighted by molar-refractivity contribution is 6.42. The van der Waals surface area contributed by atoms with E-state index in [1.54, 1.807) is 0 Å². The molecular weight excluding hydrogens is 264 g/mol. The van der Waals surface area contributed by atoms with E-state index in [1.165, 1.54) is 18.2 Å². The van der Waals surface area contributed by atoms with Crippen molar-refractivity contribution in [3.8, 4) is 0 Å². The fourth-order valence-electron chi connectivity index (χ4n) is 1.07. The Morgan fingerprint density at radius 3 is 2.31 bits per heavy atom. The van der Waals surface area contributed by atoms with Gasteiger partial charge in [0.05, 0.1) is 16.5 Å². The minimum Gasteiger partial charge on any atom is -0.294 e. The largest absolute Gasteiger partial charge is 0.389 e. The van der Waals surface area contributed by atoms with Gasteiger partial charge in [-0.15, -0.1) is 0 Å². The Hall–Kier alpha value is -0.740. The van der Waals surface area contributed by atoms with Gasteiger partial charge in [0.1, 0.15) is 0 Å². The van der Waals surface area contributed by atoms with Crippen molar-refractivity contribution in [3.05, 3.63) is 33.8 Å². The topological polar surface area (TPSA) is 17.1 Å². The Labute approximate surface area is 100 Å². The first-order valence-electron chi connectivity index (χ1n) is 4.34. The molecule has 0 amide bonds. The lowest BCUT2D eigenvalue weighted by molar-refractivity contribution is -0.133. The summed E-state index contributed by atoms with van der Waals surface area (Å²) in [6.45, 7) is 0. The minimum atomic E-state index is -4.33. The van der Waals surface area contributed by atoms with Crippen LogP contribution in [0.25, 0.3) is 0 Å². The third kappa shape index (κ3) is 4.02. The van der Waals surface area contributed by atoms with Gasteiger partial charge in [-0.25, -0.2) is 0 Å². The summed E-state index contributed by atoms with van der Waals surface area (Å²) in [6, 6.07) is 4.00. The third-order valence-electron chi connectivity index (χ3n) is 1.88. The Kier molecular flexibility index (Phi) is 4.21. The number of carbonyl (C=O) groups excluding carboxylic acids is 1. The van der Waals surface area contributed by atoms with Crippen LogP contribution >= 0.6 is 23.2 Å². The van der Waals surface area contributed by atoms with Crippen LogP contribution in [0, 0.1) is 0 Å². The highest BCUT2D eigenvalue weighted by atomic mass is 35.5. The first kappa shape index (κ1) is 13.3. The Bertz CT molecular complexity index is 402. The van der Waals surface area contributed by atoms with Crippen molar-refractivity contribution in [2.75, 3.05) is 0 Å². The summed E-state index contributed by atoms with van der Waals surface area (Å²) in [6.07, 6.45) is -6.04. The average molecular weight is 271 g/mol. The van der Waals surface area contributed by atoms with Crippen LogP contribution in [-0.2, 0) is 0 Å². The van der Waals surface area contributed by atoms with Crippen molar-refractivity contribution in [1.82, 2.24) is 0 Å². The van der Waals surface area contributed by atoms with Crippen molar-refractivity contribution in [2.45, 2.75) is 19.0 Å². The highest BCUT2D eigenvalue weighted by Gasteiger charge is 2.28. The van der Waals surface area contributed by atoms with Crippen molar-refractivity contribution in [3.63, 3.8) is 0 Å². The summed E-state index contributed by atoms with van der Waals surface area (Å²) < 4.78 is 35.6. The van der Waals surface area contributed by atoms with E-state index in [2.05, 4.69) is 0 Å². The molecule has 1 nitrogen and oxygen atoms in total. The molecule has 0 radical (unpaired) electrons. The molecule has 0 unspecified atom stereocenters. The number of ketones is 1. The number of alkyl halides is 3. The van der Waals surface area contributed by atoms with Gasteiger partial charge in [0, 0.05) is 12.0 Å². The molecule has 16 heavy (non-hydrogen) atoms. The number of rotatable bonds is 3. The Morgan fingerprint density at radius 1 is 1.19 bits per heavy atom. The third-order valence-corrected chi connectivity index (χ3v) is 2.62. The summed E-state index contributed by atoms with van der Waals surface area (Å²) in [4.78, 5) is 11.4. The number of Topliss-reactive ketones (excluding diaryl/α,β-unsaturated/α-hetero) is 1. The summed E-state index contributed by atoms with van der Waals surface area (Å²) in [7, 11) is 0. The Balaban J connectivity index is 2.70. The molecule has 0 aliphatic rings. The predicted octanol–water partition coefficient (Wildman–Crippen LogP) is 4.52. The second-order valence-corrected chi connectivity index (χ2v) is 3.98. The highest BCUT2D eigenvalue weighted by Crippen LogP contribution is 2.25. The van der Waals surface area contributed by atoms with Crippen molar-refractivity contribution in [1.29, 1.82) is 0 Å². The quantitative estimate of drug-likeness (QED) is 0.739. The normalized spacial score (nSPS) is 11.6. The van der Waals surface area contributed by atoms with Crippen LogP contribution in [0.1, 0.15) is 23.2 Å². The van der Waals surface area contributed by atoms with E-state index in [0.29, 0.717) is 0 Å². The molecule has 0 N–H and O–H groups in total. The lowest BCUT2D eigenvalue weighted by Gasteiger charge is -2.05. The van der Waals surface area contributed by atoms with E-state index in [0.717, 1.165) is 0 Å². The van der Waals surface area contributed by atoms with E-state index < -0.39 is 24.8 Å². The smallest absolute Gasteiger partial charge is 0.294 e. The summed E-state index contributed by atoms with van der Waals surface area (Å²) in [5.74, 6) is -0.601. The van der Waals surface area contributed by atoms with Crippen LogP contribution in [-0.4, -0.2) is 12.0 Å². The zero-order valence-electron chi connectivity index (χ0n) is 7.94. The van der Waals surface area contributed by atoms with Crippen LogP contribution in [0.2, 0.25) is 10.0 Å². The number of halogens is 5. The second-order valence-electron chi connectivity index (χ2n) is 3.17. The first-order chi connectivity index (χ1) is 7.29. The molecule has 0 spiro atoms. The minimum absolute atomic E-state index is 0.138. The maximum Gasteiger partial charge on any atom is 0.389 e. The molecular formula is C10H7Cl2F3O. The van der Waals surface area contributed by atoms with Gasteiger partial charge in [-0.2, -0.15) is 13.2 Å². The average Bonchev–Trinajstić information content (AvgIpc) is 2.17. The van der Waals surface area contributed by atoms with Crippen LogP contribution in [0.5, 0.6) is 0 Å². The fraction of sp³-hybridized carbons (Fsp3) is 0.300. The van der Waals surface area contributed by atoms with E-state index in [1.807, 2.05) is 0 Å². The molecule has 0 bridgehead atoms. The second kappa shape index (κ2) is 5.06. The molecule has 0 aromatic heterocycles. The van der Waals surface area contributed by atoms with Gasteiger partial charge in [0.2, 0.25) is 0 Å². The van der Waals surface area contributed by atoms with Crippen LogP contribution < -0.4 is 0 Å². The number of hydrogen-bond acceptors (Lipinski definition) is 1. The SMILES string of the molecule is O=C(CCC(F)(F)F)c1ccc(Cl)c(Cl)c1. The van der Waals surface area contributed by atoms with Gasteiger partial charge in [-0.1, -0.05) is 23.2 Å². The van der Waals surface area contributed by atoms with Crippen LogP contribution in [0.4, 0.5) is 13.2 Å². The molecule has 0 saturated heterocycles. The Morgan fingerprint density at radius 2 is 1.81 bits per heavy atom. The summed E-state index contributed by atoms with van der Waals surface area (Å²) in [5.41, 5.74) is 0.138. The fourth-order valence-corrected chi connectivity index (χ4v) is 1.37. The molecule has 0 saturated carbocycles. The van der Waals surface area contributed by atoms with E-state index in [4.69, 9.17) is 23.2 Å². The molecule has 6 heteroatoms. The van der Waals surface area contributed by atoms with E-state index >= 15 is 0 Å². The van der Waals surface area contributed by atoms with Gasteiger partial charge in [-0.05, 0) is 18.2 Å². The predicted molar refractivity (Wildman–Crippen MR) is 56.1 cm³/mol. The maximum atomic E-state index is 11.9. The zero-order chi connectivity index (χ0) is 12.3. The van der Waals surface area contributed by atoms with Gasteiger partial charge in [-0.3, -0.25) is 4.79 Å². The monoisotopic (exact) mass is 270 g/mol. The number of benzene rings is 1. The molecule has 0 aliphatic heterocycles. The van der Waals surface area contributed by atoms with Gasteiger partial charge in [0.15, 0.2) is 5.78 Å². The van der Waals surface area contributed by atoms with Crippen LogP contribution in [0.3, 0.4) is 0 Å².